The Labute approximate surface area is 122 Å². The topological polar surface area (TPSA) is 54.6 Å². The van der Waals surface area contributed by atoms with Gasteiger partial charge in [0.05, 0.1) is 0 Å². The van der Waals surface area contributed by atoms with Gasteiger partial charge < -0.3 is 9.51 Å². The summed E-state index contributed by atoms with van der Waals surface area (Å²) in [5, 5.41) is 9.62. The van der Waals surface area contributed by atoms with Crippen LogP contribution in [0.2, 0.25) is 0 Å². The van der Waals surface area contributed by atoms with E-state index in [2.05, 4.69) is 4.98 Å². The molecule has 0 aliphatic carbocycles. The second kappa shape index (κ2) is 5.40. The van der Waals surface area contributed by atoms with Crippen molar-refractivity contribution >= 4 is 11.6 Å². The third kappa shape index (κ3) is 2.65. The van der Waals surface area contributed by atoms with Crippen molar-refractivity contribution in [2.24, 2.45) is 0 Å². The van der Waals surface area contributed by atoms with E-state index in [9.17, 15) is 9.90 Å². The molecule has 106 valence electrons. The third-order valence-corrected chi connectivity index (χ3v) is 3.64. The second-order valence-corrected chi connectivity index (χ2v) is 5.19. The highest BCUT2D eigenvalue weighted by Crippen LogP contribution is 2.23. The van der Waals surface area contributed by atoms with Gasteiger partial charge in [0.15, 0.2) is 0 Å². The lowest BCUT2D eigenvalue weighted by atomic mass is 9.94. The number of imidazole rings is 1. The van der Waals surface area contributed by atoms with Crippen LogP contribution in [0.1, 0.15) is 22.7 Å². The first-order chi connectivity index (χ1) is 10.1. The molecule has 3 rings (SSSR count). The molecule has 1 unspecified atom stereocenters. The van der Waals surface area contributed by atoms with E-state index in [1.807, 2.05) is 53.8 Å². The molecule has 0 fully saturated rings. The van der Waals surface area contributed by atoms with Gasteiger partial charge in [-0.2, -0.15) is 0 Å². The lowest BCUT2D eigenvalue weighted by Gasteiger charge is -2.15. The van der Waals surface area contributed by atoms with E-state index in [-0.39, 0.29) is 0 Å². The number of aromatic nitrogens is 2. The highest BCUT2D eigenvalue weighted by atomic mass is 16.4. The number of rotatable bonds is 4. The molecule has 0 saturated carbocycles. The standard InChI is InChI=1S/C17H16N2O2/c1-12-4-2-5-13(10-12)11-14(17(20)21)15-6-3-7-16-18-8-9-19(15)16/h2-10,14H,11H2,1H3,(H,20,21). The van der Waals surface area contributed by atoms with E-state index in [4.69, 9.17) is 0 Å². The first-order valence-electron chi connectivity index (χ1n) is 6.85. The Balaban J connectivity index is 2.02. The Hall–Kier alpha value is -2.62. The smallest absolute Gasteiger partial charge is 0.312 e. The molecule has 2 aromatic heterocycles. The molecule has 0 aliphatic heterocycles. The quantitative estimate of drug-likeness (QED) is 0.799. The first kappa shape index (κ1) is 13.4. The summed E-state index contributed by atoms with van der Waals surface area (Å²) in [6.07, 6.45) is 3.95. The van der Waals surface area contributed by atoms with Gasteiger partial charge in [-0.3, -0.25) is 4.79 Å². The number of pyridine rings is 1. The van der Waals surface area contributed by atoms with Crippen molar-refractivity contribution in [3.63, 3.8) is 0 Å². The molecule has 0 aliphatic rings. The maximum Gasteiger partial charge on any atom is 0.312 e. The number of benzene rings is 1. The van der Waals surface area contributed by atoms with E-state index in [0.29, 0.717) is 6.42 Å². The minimum absolute atomic E-state index is 0.467. The molecule has 0 amide bonds. The molecule has 2 heterocycles. The van der Waals surface area contributed by atoms with Crippen LogP contribution in [0.4, 0.5) is 0 Å². The van der Waals surface area contributed by atoms with Gasteiger partial charge in [0, 0.05) is 18.1 Å². The van der Waals surface area contributed by atoms with Gasteiger partial charge in [-0.05, 0) is 31.0 Å². The minimum atomic E-state index is -0.822. The Morgan fingerprint density at radius 2 is 2.10 bits per heavy atom. The molecule has 0 spiro atoms. The number of nitrogens with zero attached hydrogens (tertiary/aromatic N) is 2. The summed E-state index contributed by atoms with van der Waals surface area (Å²) in [6.45, 7) is 2.01. The number of fused-ring (bicyclic) bond motifs is 1. The summed E-state index contributed by atoms with van der Waals surface area (Å²) in [5.74, 6) is -1.41. The molecular weight excluding hydrogens is 264 g/mol. The van der Waals surface area contributed by atoms with Crippen LogP contribution >= 0.6 is 0 Å². The Morgan fingerprint density at radius 3 is 2.86 bits per heavy atom. The van der Waals surface area contributed by atoms with Crippen molar-refractivity contribution in [1.82, 2.24) is 9.38 Å². The number of hydrogen-bond acceptors (Lipinski definition) is 2. The van der Waals surface area contributed by atoms with Gasteiger partial charge in [0.25, 0.3) is 0 Å². The predicted molar refractivity (Wildman–Crippen MR) is 80.5 cm³/mol. The summed E-state index contributed by atoms with van der Waals surface area (Å²) in [5.41, 5.74) is 3.68. The normalized spacial score (nSPS) is 12.4. The van der Waals surface area contributed by atoms with E-state index >= 15 is 0 Å². The first-order valence-corrected chi connectivity index (χ1v) is 6.85. The van der Waals surface area contributed by atoms with E-state index in [1.165, 1.54) is 0 Å². The molecule has 0 radical (unpaired) electrons. The van der Waals surface area contributed by atoms with Crippen molar-refractivity contribution in [2.45, 2.75) is 19.3 Å². The van der Waals surface area contributed by atoms with Crippen LogP contribution in [0.3, 0.4) is 0 Å². The largest absolute Gasteiger partial charge is 0.481 e. The van der Waals surface area contributed by atoms with Gasteiger partial charge >= 0.3 is 5.97 Å². The Kier molecular flexibility index (Phi) is 3.44. The van der Waals surface area contributed by atoms with Gasteiger partial charge in [-0.25, -0.2) is 4.98 Å². The number of hydrogen-bond donors (Lipinski definition) is 1. The molecule has 1 aromatic carbocycles. The Morgan fingerprint density at radius 1 is 1.29 bits per heavy atom. The zero-order chi connectivity index (χ0) is 14.8. The molecule has 4 heteroatoms. The number of carboxylic acids is 1. The van der Waals surface area contributed by atoms with E-state index in [1.54, 1.807) is 12.4 Å². The zero-order valence-electron chi connectivity index (χ0n) is 11.7. The van der Waals surface area contributed by atoms with Crippen molar-refractivity contribution in [3.8, 4) is 0 Å². The molecule has 21 heavy (non-hydrogen) atoms. The van der Waals surface area contributed by atoms with E-state index < -0.39 is 11.9 Å². The van der Waals surface area contributed by atoms with Crippen molar-refractivity contribution in [1.29, 1.82) is 0 Å². The molecule has 1 atom stereocenters. The van der Waals surface area contributed by atoms with Crippen molar-refractivity contribution in [2.75, 3.05) is 0 Å². The highest BCUT2D eigenvalue weighted by Gasteiger charge is 2.22. The number of carboxylic acid groups (broad SMARTS) is 1. The fourth-order valence-electron chi connectivity index (χ4n) is 2.65. The van der Waals surface area contributed by atoms with Gasteiger partial charge in [0.2, 0.25) is 0 Å². The molecule has 0 bridgehead atoms. The average molecular weight is 280 g/mol. The molecule has 1 N–H and O–H groups in total. The molecule has 4 nitrogen and oxygen atoms in total. The lowest BCUT2D eigenvalue weighted by Crippen LogP contribution is -2.17. The van der Waals surface area contributed by atoms with E-state index in [0.717, 1.165) is 22.5 Å². The maximum absolute atomic E-state index is 11.7. The summed E-state index contributed by atoms with van der Waals surface area (Å²) < 4.78 is 1.84. The number of carbonyl (C=O) groups is 1. The summed E-state index contributed by atoms with van der Waals surface area (Å²) >= 11 is 0. The lowest BCUT2D eigenvalue weighted by molar-refractivity contribution is -0.138. The highest BCUT2D eigenvalue weighted by molar-refractivity contribution is 5.76. The second-order valence-electron chi connectivity index (χ2n) is 5.19. The van der Waals surface area contributed by atoms with Crippen LogP contribution in [0.25, 0.3) is 5.65 Å². The zero-order valence-corrected chi connectivity index (χ0v) is 11.7. The van der Waals surface area contributed by atoms with Gasteiger partial charge in [-0.15, -0.1) is 0 Å². The van der Waals surface area contributed by atoms with Crippen molar-refractivity contribution < 1.29 is 9.90 Å². The fraction of sp³-hybridized carbons (Fsp3) is 0.176. The van der Waals surface area contributed by atoms with Crippen LogP contribution in [-0.4, -0.2) is 20.5 Å². The van der Waals surface area contributed by atoms with Crippen LogP contribution in [0.5, 0.6) is 0 Å². The fourth-order valence-corrected chi connectivity index (χ4v) is 2.65. The van der Waals surface area contributed by atoms with Crippen LogP contribution in [0, 0.1) is 6.92 Å². The van der Waals surface area contributed by atoms with Gasteiger partial charge in [0.1, 0.15) is 11.6 Å². The third-order valence-electron chi connectivity index (χ3n) is 3.64. The molecular formula is C17H16N2O2. The van der Waals surface area contributed by atoms with Gasteiger partial charge in [-0.1, -0.05) is 35.9 Å². The Bertz CT molecular complexity index is 792. The summed E-state index contributed by atoms with van der Waals surface area (Å²) in [4.78, 5) is 15.9. The molecule has 0 saturated heterocycles. The number of aliphatic carboxylic acids is 1. The monoisotopic (exact) mass is 280 g/mol. The van der Waals surface area contributed by atoms with Crippen LogP contribution in [-0.2, 0) is 11.2 Å². The van der Waals surface area contributed by atoms with Crippen LogP contribution in [0.15, 0.2) is 54.9 Å². The summed E-state index contributed by atoms with van der Waals surface area (Å²) in [7, 11) is 0. The maximum atomic E-state index is 11.7. The number of aryl methyl sites for hydroxylation is 1. The van der Waals surface area contributed by atoms with Crippen LogP contribution < -0.4 is 0 Å². The summed E-state index contributed by atoms with van der Waals surface area (Å²) in [6, 6.07) is 13.5. The average Bonchev–Trinajstić information content (AvgIpc) is 2.93. The molecule has 3 aromatic rings. The minimum Gasteiger partial charge on any atom is -0.481 e. The SMILES string of the molecule is Cc1cccc(CC(C(=O)O)c2cccc3nccn23)c1. The van der Waals surface area contributed by atoms with Crippen molar-refractivity contribution in [3.05, 3.63) is 71.7 Å². The predicted octanol–water partition coefficient (Wildman–Crippen LogP) is 3.05.